The summed E-state index contributed by atoms with van der Waals surface area (Å²) in [7, 11) is 0. The van der Waals surface area contributed by atoms with Gasteiger partial charge in [-0.2, -0.15) is 5.26 Å². The number of imidazole rings is 1. The molecule has 0 saturated heterocycles. The quantitative estimate of drug-likeness (QED) is 0.798. The minimum atomic E-state index is -0.192. The summed E-state index contributed by atoms with van der Waals surface area (Å²) in [4.78, 5) is 16.7. The van der Waals surface area contributed by atoms with Gasteiger partial charge in [0.05, 0.1) is 23.5 Å². The highest BCUT2D eigenvalue weighted by molar-refractivity contribution is 6.04. The Morgan fingerprint density at radius 3 is 2.60 bits per heavy atom. The van der Waals surface area contributed by atoms with Crippen LogP contribution in [0, 0.1) is 11.3 Å². The second-order valence-electron chi connectivity index (χ2n) is 6.04. The van der Waals surface area contributed by atoms with E-state index in [-0.39, 0.29) is 5.91 Å². The predicted octanol–water partition coefficient (Wildman–Crippen LogP) is 3.62. The highest BCUT2D eigenvalue weighted by atomic mass is 16.1. The third-order valence-electron chi connectivity index (χ3n) is 4.44. The Morgan fingerprint density at radius 1 is 1.12 bits per heavy atom. The molecule has 4 rings (SSSR count). The number of benzene rings is 2. The average molecular weight is 328 g/mol. The molecule has 1 aliphatic heterocycles. The number of hydrogen-bond acceptors (Lipinski definition) is 3. The molecule has 0 radical (unpaired) electrons. The van der Waals surface area contributed by atoms with Crippen LogP contribution in [0.5, 0.6) is 0 Å². The summed E-state index contributed by atoms with van der Waals surface area (Å²) in [6.07, 6.45) is 4.10. The molecule has 0 unspecified atom stereocenters. The highest BCUT2D eigenvalue weighted by Crippen LogP contribution is 2.26. The number of aromatic nitrogens is 2. The Balaban J connectivity index is 1.50. The summed E-state index contributed by atoms with van der Waals surface area (Å²) in [6, 6.07) is 16.4. The molecule has 25 heavy (non-hydrogen) atoms. The second kappa shape index (κ2) is 6.25. The normalized spacial score (nSPS) is 12.4. The zero-order chi connectivity index (χ0) is 17.2. The first kappa shape index (κ1) is 15.2. The van der Waals surface area contributed by atoms with Crippen LogP contribution in [-0.2, 0) is 13.0 Å². The molecule has 0 spiro atoms. The molecule has 0 bridgehead atoms. The molecule has 0 saturated carbocycles. The molecule has 3 aromatic rings. The topological polar surface area (TPSA) is 70.7 Å². The van der Waals surface area contributed by atoms with Gasteiger partial charge in [-0.1, -0.05) is 12.1 Å². The first-order valence-electron chi connectivity index (χ1n) is 8.21. The van der Waals surface area contributed by atoms with Crippen LogP contribution in [0.4, 0.5) is 5.69 Å². The molecule has 122 valence electrons. The Hall–Kier alpha value is -3.39. The molecule has 2 heterocycles. The molecule has 1 amide bonds. The van der Waals surface area contributed by atoms with Gasteiger partial charge in [0.1, 0.15) is 5.82 Å². The molecular weight excluding hydrogens is 312 g/mol. The summed E-state index contributed by atoms with van der Waals surface area (Å²) in [5.41, 5.74) is 4.01. The maximum Gasteiger partial charge on any atom is 0.255 e. The molecule has 1 N–H and O–H groups in total. The molecule has 5 heteroatoms. The fourth-order valence-electron chi connectivity index (χ4n) is 3.11. The molecule has 2 aromatic carbocycles. The third-order valence-corrected chi connectivity index (χ3v) is 4.44. The molecule has 0 fully saturated rings. The lowest BCUT2D eigenvalue weighted by Crippen LogP contribution is -2.11. The summed E-state index contributed by atoms with van der Waals surface area (Å²) in [5.74, 6) is 0.954. The maximum atomic E-state index is 12.3. The van der Waals surface area contributed by atoms with Crippen molar-refractivity contribution in [2.75, 3.05) is 5.32 Å². The van der Waals surface area contributed by atoms with Gasteiger partial charge < -0.3 is 9.88 Å². The number of nitriles is 1. The molecule has 1 aromatic heterocycles. The zero-order valence-electron chi connectivity index (χ0n) is 13.6. The number of rotatable bonds is 3. The van der Waals surface area contributed by atoms with Crippen molar-refractivity contribution in [1.29, 1.82) is 5.26 Å². The van der Waals surface area contributed by atoms with E-state index in [0.29, 0.717) is 11.1 Å². The van der Waals surface area contributed by atoms with E-state index in [1.54, 1.807) is 24.3 Å². The lowest BCUT2D eigenvalue weighted by atomic mass is 10.1. The van der Waals surface area contributed by atoms with Crippen molar-refractivity contribution in [2.45, 2.75) is 19.4 Å². The Morgan fingerprint density at radius 2 is 1.88 bits per heavy atom. The van der Waals surface area contributed by atoms with Crippen LogP contribution in [0.25, 0.3) is 11.3 Å². The Kier molecular flexibility index (Phi) is 3.79. The van der Waals surface area contributed by atoms with Crippen molar-refractivity contribution in [1.82, 2.24) is 9.55 Å². The third kappa shape index (κ3) is 2.90. The first-order valence-corrected chi connectivity index (χ1v) is 8.21. The molecule has 1 aliphatic rings. The number of carbonyl (C=O) groups excluding carboxylic acids is 1. The van der Waals surface area contributed by atoms with Gasteiger partial charge in [-0.25, -0.2) is 4.98 Å². The van der Waals surface area contributed by atoms with E-state index in [2.05, 4.69) is 14.9 Å². The number of carbonyl (C=O) groups is 1. The van der Waals surface area contributed by atoms with E-state index in [9.17, 15) is 4.79 Å². The lowest BCUT2D eigenvalue weighted by molar-refractivity contribution is 0.102. The van der Waals surface area contributed by atoms with Crippen LogP contribution in [0.2, 0.25) is 0 Å². The van der Waals surface area contributed by atoms with Gasteiger partial charge in [0.25, 0.3) is 5.91 Å². The van der Waals surface area contributed by atoms with Crippen LogP contribution in [0.15, 0.2) is 54.7 Å². The van der Waals surface area contributed by atoms with Crippen LogP contribution in [0.3, 0.4) is 0 Å². The van der Waals surface area contributed by atoms with E-state index >= 15 is 0 Å². The number of anilines is 1. The molecule has 5 nitrogen and oxygen atoms in total. The number of hydrogen-bond donors (Lipinski definition) is 1. The minimum absolute atomic E-state index is 0.192. The van der Waals surface area contributed by atoms with E-state index < -0.39 is 0 Å². The van der Waals surface area contributed by atoms with Crippen molar-refractivity contribution in [3.8, 4) is 17.3 Å². The van der Waals surface area contributed by atoms with Gasteiger partial charge in [-0.3, -0.25) is 4.79 Å². The van der Waals surface area contributed by atoms with Crippen LogP contribution < -0.4 is 5.32 Å². The van der Waals surface area contributed by atoms with Crippen molar-refractivity contribution >= 4 is 11.6 Å². The van der Waals surface area contributed by atoms with Crippen molar-refractivity contribution in [2.24, 2.45) is 0 Å². The van der Waals surface area contributed by atoms with Crippen LogP contribution in [0.1, 0.15) is 28.2 Å². The van der Waals surface area contributed by atoms with Crippen LogP contribution >= 0.6 is 0 Å². The van der Waals surface area contributed by atoms with Crippen molar-refractivity contribution < 1.29 is 4.79 Å². The number of amides is 1. The van der Waals surface area contributed by atoms with E-state index in [0.717, 1.165) is 42.2 Å². The van der Waals surface area contributed by atoms with Crippen molar-refractivity contribution in [3.05, 3.63) is 71.7 Å². The Labute approximate surface area is 145 Å². The summed E-state index contributed by atoms with van der Waals surface area (Å²) < 4.78 is 2.25. The highest BCUT2D eigenvalue weighted by Gasteiger charge is 2.16. The van der Waals surface area contributed by atoms with Gasteiger partial charge in [-0.15, -0.1) is 0 Å². The zero-order valence-corrected chi connectivity index (χ0v) is 13.6. The lowest BCUT2D eigenvalue weighted by Gasteiger charge is -2.08. The fraction of sp³-hybridized carbons (Fsp3) is 0.150. The summed E-state index contributed by atoms with van der Waals surface area (Å²) in [6.45, 7) is 1.02. The summed E-state index contributed by atoms with van der Waals surface area (Å²) in [5, 5.41) is 11.7. The van der Waals surface area contributed by atoms with Gasteiger partial charge in [0.15, 0.2) is 0 Å². The van der Waals surface area contributed by atoms with Crippen molar-refractivity contribution in [3.63, 3.8) is 0 Å². The van der Waals surface area contributed by atoms with Gasteiger partial charge in [-0.05, 0) is 48.4 Å². The minimum Gasteiger partial charge on any atom is -0.328 e. The molecule has 0 aliphatic carbocycles. The average Bonchev–Trinajstić information content (AvgIpc) is 3.26. The van der Waals surface area contributed by atoms with Gasteiger partial charge in [0, 0.05) is 24.2 Å². The standard InChI is InChI=1S/C20H16N4O/c21-12-14-3-5-16(6-4-14)20(25)23-17-9-7-15(8-10-17)18-13-22-19-2-1-11-24(18)19/h3-10,13H,1-2,11H2,(H,23,25). The largest absolute Gasteiger partial charge is 0.328 e. The smallest absolute Gasteiger partial charge is 0.255 e. The number of nitrogens with one attached hydrogen (secondary N) is 1. The fourth-order valence-corrected chi connectivity index (χ4v) is 3.11. The van der Waals surface area contributed by atoms with E-state index in [4.69, 9.17) is 5.26 Å². The van der Waals surface area contributed by atoms with Gasteiger partial charge >= 0.3 is 0 Å². The number of nitrogens with zero attached hydrogens (tertiary/aromatic N) is 3. The first-order chi connectivity index (χ1) is 12.2. The van der Waals surface area contributed by atoms with Gasteiger partial charge in [0.2, 0.25) is 0 Å². The second-order valence-corrected chi connectivity index (χ2v) is 6.04. The number of aryl methyl sites for hydroxylation is 1. The molecular formula is C20H16N4O. The number of fused-ring (bicyclic) bond motifs is 1. The Bertz CT molecular complexity index is 962. The maximum absolute atomic E-state index is 12.3. The monoisotopic (exact) mass is 328 g/mol. The summed E-state index contributed by atoms with van der Waals surface area (Å²) >= 11 is 0. The van der Waals surface area contributed by atoms with E-state index in [1.807, 2.05) is 36.5 Å². The molecule has 0 atom stereocenters. The van der Waals surface area contributed by atoms with E-state index in [1.165, 1.54) is 0 Å². The SMILES string of the molecule is N#Cc1ccc(C(=O)Nc2ccc(-c3cnc4n3CCC4)cc2)cc1. The van der Waals surface area contributed by atoms with Crippen LogP contribution in [-0.4, -0.2) is 15.5 Å². The predicted molar refractivity (Wildman–Crippen MR) is 95.1 cm³/mol.